The van der Waals surface area contributed by atoms with E-state index in [1.54, 1.807) is 0 Å². The molecule has 0 N–H and O–H groups in total. The average Bonchev–Trinajstić information content (AvgIpc) is 3.37. The van der Waals surface area contributed by atoms with E-state index in [1.807, 2.05) is 42.5 Å². The molecule has 192 valence electrons. The Balaban J connectivity index is 1.38. The smallest absolute Gasteiger partial charge is 0.227 e. The fourth-order valence-corrected chi connectivity index (χ4v) is 6.77. The Morgan fingerprint density at radius 1 is 0.811 bits per heavy atom. The normalized spacial score (nSPS) is 29.2. The summed E-state index contributed by atoms with van der Waals surface area (Å²) in [5, 5.41) is 2.27. The Morgan fingerprint density at radius 3 is 2.00 bits per heavy atom. The quantitative estimate of drug-likeness (QED) is 0.441. The zero-order valence-electron chi connectivity index (χ0n) is 21.3. The first-order valence-corrected chi connectivity index (χ1v) is 14.0. The molecule has 0 amide bonds. The first-order chi connectivity index (χ1) is 18.0. The Morgan fingerprint density at radius 2 is 1.41 bits per heavy atom. The second-order valence-electron chi connectivity index (χ2n) is 10.5. The van der Waals surface area contributed by atoms with E-state index in [2.05, 4.69) is 69.3 Å². The van der Waals surface area contributed by atoms with Crippen LogP contribution < -0.4 is 10.6 Å². The van der Waals surface area contributed by atoms with E-state index in [1.165, 1.54) is 0 Å². The molecule has 2 fully saturated rings. The first-order valence-electron chi connectivity index (χ1n) is 12.8. The van der Waals surface area contributed by atoms with Gasteiger partial charge in [0.1, 0.15) is 24.4 Å². The molecule has 0 radical (unpaired) electrons. The van der Waals surface area contributed by atoms with E-state index in [-0.39, 0.29) is 29.8 Å². The van der Waals surface area contributed by atoms with Crippen LogP contribution in [0.2, 0.25) is 0 Å². The van der Waals surface area contributed by atoms with Crippen molar-refractivity contribution in [1.82, 2.24) is 0 Å². The molecule has 2 saturated heterocycles. The third-order valence-corrected chi connectivity index (χ3v) is 8.71. The molecule has 0 bridgehead atoms. The van der Waals surface area contributed by atoms with Crippen molar-refractivity contribution in [3.63, 3.8) is 0 Å². The highest BCUT2D eigenvalue weighted by atomic mass is 31.1. The topological polar surface area (TPSA) is 58.5 Å². The number of ether oxygens (including phenoxy) is 4. The van der Waals surface area contributed by atoms with Gasteiger partial charge in [0.15, 0.2) is 12.2 Å². The highest BCUT2D eigenvalue weighted by Gasteiger charge is 2.55. The standard InChI is InChI=1S/C30H32NO5P/c1-30(2,3)29-31-24-26(36-37(21-15-9-5-10-16-21)22-17-11-6-12-18-22)25-23(33-28(24)35-29)19-32-27(34-25)20-13-7-4-8-14-20/h4-18,23-28H,19H2,1-3H3/t23-,24-,25-,26-,27-,28-/m1/s1. The van der Waals surface area contributed by atoms with Gasteiger partial charge in [-0.2, -0.15) is 0 Å². The van der Waals surface area contributed by atoms with E-state index >= 15 is 0 Å². The van der Waals surface area contributed by atoms with Crippen LogP contribution in [0.1, 0.15) is 32.6 Å². The number of benzene rings is 3. The lowest BCUT2D eigenvalue weighted by molar-refractivity contribution is -0.326. The van der Waals surface area contributed by atoms with E-state index < -0.39 is 20.7 Å². The Hall–Kier alpha value is -2.60. The van der Waals surface area contributed by atoms with E-state index in [0.29, 0.717) is 12.5 Å². The maximum atomic E-state index is 7.11. The van der Waals surface area contributed by atoms with Crippen LogP contribution in [0.4, 0.5) is 0 Å². The van der Waals surface area contributed by atoms with Gasteiger partial charge >= 0.3 is 0 Å². The molecule has 3 aliphatic rings. The lowest BCUT2D eigenvalue weighted by Gasteiger charge is -2.47. The number of hydrogen-bond acceptors (Lipinski definition) is 6. The molecule has 3 aromatic rings. The molecule has 3 aliphatic heterocycles. The van der Waals surface area contributed by atoms with Gasteiger partial charge in [-0.15, -0.1) is 0 Å². The van der Waals surface area contributed by atoms with Gasteiger partial charge in [-0.05, 0) is 0 Å². The summed E-state index contributed by atoms with van der Waals surface area (Å²) in [6.07, 6.45) is -2.12. The average molecular weight is 518 g/mol. The lowest BCUT2D eigenvalue weighted by Crippen LogP contribution is -2.61. The van der Waals surface area contributed by atoms with Crippen molar-refractivity contribution in [2.24, 2.45) is 10.4 Å². The zero-order chi connectivity index (χ0) is 25.4. The van der Waals surface area contributed by atoms with Crippen molar-refractivity contribution < 1.29 is 23.5 Å². The van der Waals surface area contributed by atoms with E-state index in [9.17, 15) is 0 Å². The minimum absolute atomic E-state index is 0.246. The minimum Gasteiger partial charge on any atom is -0.449 e. The Bertz CT molecular complexity index is 1180. The zero-order valence-corrected chi connectivity index (χ0v) is 22.2. The van der Waals surface area contributed by atoms with Gasteiger partial charge in [-0.3, -0.25) is 0 Å². The molecule has 0 aromatic heterocycles. The van der Waals surface area contributed by atoms with Gasteiger partial charge in [0, 0.05) is 21.6 Å². The number of aliphatic imine (C=N–C) groups is 1. The molecule has 6 rings (SSSR count). The van der Waals surface area contributed by atoms with Crippen LogP contribution >= 0.6 is 8.15 Å². The predicted molar refractivity (Wildman–Crippen MR) is 144 cm³/mol. The van der Waals surface area contributed by atoms with Crippen LogP contribution in [0.25, 0.3) is 0 Å². The Labute approximate surface area is 219 Å². The first kappa shape index (κ1) is 24.7. The van der Waals surface area contributed by atoms with Crippen molar-refractivity contribution in [2.45, 2.75) is 57.7 Å². The van der Waals surface area contributed by atoms with Gasteiger partial charge in [0.25, 0.3) is 0 Å². The van der Waals surface area contributed by atoms with Crippen LogP contribution in [0.15, 0.2) is 96.0 Å². The van der Waals surface area contributed by atoms with Crippen molar-refractivity contribution in [3.05, 3.63) is 96.6 Å². The van der Waals surface area contributed by atoms with Crippen LogP contribution in [0.5, 0.6) is 0 Å². The molecule has 0 unspecified atom stereocenters. The second-order valence-corrected chi connectivity index (χ2v) is 12.4. The molecule has 0 saturated carbocycles. The Kier molecular flexibility index (Phi) is 6.87. The number of nitrogens with zero attached hydrogens (tertiary/aromatic N) is 1. The van der Waals surface area contributed by atoms with Crippen molar-refractivity contribution in [2.75, 3.05) is 6.61 Å². The highest BCUT2D eigenvalue weighted by molar-refractivity contribution is 7.68. The molecule has 3 aromatic carbocycles. The summed E-state index contributed by atoms with van der Waals surface area (Å²) >= 11 is 0. The molecular weight excluding hydrogens is 485 g/mol. The van der Waals surface area contributed by atoms with Crippen molar-refractivity contribution in [3.8, 4) is 0 Å². The molecule has 0 aliphatic carbocycles. The highest BCUT2D eigenvalue weighted by Crippen LogP contribution is 2.46. The van der Waals surface area contributed by atoms with Crippen LogP contribution in [0.3, 0.4) is 0 Å². The summed E-state index contributed by atoms with van der Waals surface area (Å²) in [7, 11) is -1.14. The summed E-state index contributed by atoms with van der Waals surface area (Å²) in [6.45, 7) is 6.67. The molecule has 7 heteroatoms. The number of rotatable bonds is 5. The third-order valence-electron chi connectivity index (χ3n) is 6.72. The van der Waals surface area contributed by atoms with Crippen LogP contribution in [-0.4, -0.2) is 43.1 Å². The van der Waals surface area contributed by atoms with Gasteiger partial charge < -0.3 is 23.5 Å². The SMILES string of the molecule is CC(C)(C)C1=N[C@H]2[C@@H](O1)O[C@@H]1CO[C@@H](c3ccccc3)O[C@H]1[C@@H]2OP(c1ccccc1)c1ccccc1. The van der Waals surface area contributed by atoms with E-state index in [4.69, 9.17) is 28.5 Å². The van der Waals surface area contributed by atoms with Crippen LogP contribution in [0, 0.1) is 5.41 Å². The summed E-state index contributed by atoms with van der Waals surface area (Å²) in [6, 6.07) is 30.4. The van der Waals surface area contributed by atoms with Crippen molar-refractivity contribution in [1.29, 1.82) is 0 Å². The molecule has 0 spiro atoms. The lowest BCUT2D eigenvalue weighted by atomic mass is 9.96. The summed E-state index contributed by atoms with van der Waals surface area (Å²) in [5.74, 6) is 0.680. The molecule has 37 heavy (non-hydrogen) atoms. The fourth-order valence-electron chi connectivity index (χ4n) is 4.86. The maximum Gasteiger partial charge on any atom is 0.227 e. The third kappa shape index (κ3) is 5.09. The van der Waals surface area contributed by atoms with Gasteiger partial charge in [0.05, 0.1) is 14.8 Å². The summed E-state index contributed by atoms with van der Waals surface area (Å²) < 4.78 is 32.5. The van der Waals surface area contributed by atoms with Crippen molar-refractivity contribution >= 4 is 24.7 Å². The van der Waals surface area contributed by atoms with E-state index in [0.717, 1.165) is 16.2 Å². The largest absolute Gasteiger partial charge is 0.449 e. The predicted octanol–water partition coefficient (Wildman–Crippen LogP) is 5.10. The maximum absolute atomic E-state index is 7.11. The van der Waals surface area contributed by atoms with Crippen LogP contribution in [-0.2, 0) is 23.5 Å². The minimum atomic E-state index is -1.14. The molecule has 6 nitrogen and oxygen atoms in total. The number of hydrogen-bond donors (Lipinski definition) is 0. The summed E-state index contributed by atoms with van der Waals surface area (Å²) in [4.78, 5) is 5.03. The monoisotopic (exact) mass is 517 g/mol. The fraction of sp³-hybridized carbons (Fsp3) is 0.367. The second kappa shape index (κ2) is 10.3. The molecule has 6 atom stereocenters. The molecule has 3 heterocycles. The van der Waals surface area contributed by atoms with Gasteiger partial charge in [0.2, 0.25) is 6.29 Å². The summed E-state index contributed by atoms with van der Waals surface area (Å²) in [5.41, 5.74) is 0.723. The number of fused-ring (bicyclic) bond motifs is 2. The van der Waals surface area contributed by atoms with Gasteiger partial charge in [-0.1, -0.05) is 112 Å². The van der Waals surface area contributed by atoms with Gasteiger partial charge in [-0.25, -0.2) is 4.99 Å². The molecular formula is C30H32NO5P.